The summed E-state index contributed by atoms with van der Waals surface area (Å²) in [4.78, 5) is 24.0. The van der Waals surface area contributed by atoms with Gasteiger partial charge in [-0.3, -0.25) is 14.9 Å². The van der Waals surface area contributed by atoms with Crippen molar-refractivity contribution in [1.29, 1.82) is 0 Å². The van der Waals surface area contributed by atoms with Crippen molar-refractivity contribution < 1.29 is 9.59 Å². The van der Waals surface area contributed by atoms with E-state index in [1.54, 1.807) is 6.21 Å². The average Bonchev–Trinajstić information content (AvgIpc) is 3.02. The van der Waals surface area contributed by atoms with Crippen molar-refractivity contribution in [1.82, 2.24) is 15.6 Å². The summed E-state index contributed by atoms with van der Waals surface area (Å²) in [7, 11) is 3.91. The number of benzene rings is 1. The third-order valence-electron chi connectivity index (χ3n) is 3.02. The minimum absolute atomic E-state index is 0.0182. The quantitative estimate of drug-likeness (QED) is 0.410. The largest absolute Gasteiger partial charge is 0.378 e. The summed E-state index contributed by atoms with van der Waals surface area (Å²) >= 11 is 11.9. The molecule has 0 aliphatic carbocycles. The lowest BCUT2D eigenvalue weighted by atomic mass is 10.2. The van der Waals surface area contributed by atoms with Crippen molar-refractivity contribution in [2.24, 2.45) is 5.10 Å². The lowest BCUT2D eigenvalue weighted by molar-refractivity contribution is -0.120. The molecule has 11 heteroatoms. The van der Waals surface area contributed by atoms with Crippen molar-refractivity contribution in [3.63, 3.8) is 0 Å². The molecule has 0 atom stereocenters. The van der Waals surface area contributed by atoms with Gasteiger partial charge in [-0.2, -0.15) is 5.10 Å². The van der Waals surface area contributed by atoms with Crippen LogP contribution in [0, 0.1) is 0 Å². The fourth-order valence-corrected chi connectivity index (χ4v) is 2.60. The minimum atomic E-state index is -1.20. The van der Waals surface area contributed by atoms with Gasteiger partial charge in [0.05, 0.1) is 12.6 Å². The number of carbonyl (C=O) groups is 2. The summed E-state index contributed by atoms with van der Waals surface area (Å²) in [5.74, 6) is -0.960. The van der Waals surface area contributed by atoms with Crippen LogP contribution in [0.15, 0.2) is 29.4 Å². The normalized spacial score (nSPS) is 11.0. The first-order chi connectivity index (χ1) is 12.3. The summed E-state index contributed by atoms with van der Waals surface area (Å²) in [5, 5.41) is 14.5. The number of hydrogen-bond donors (Lipinski definition) is 2. The van der Waals surface area contributed by atoms with Gasteiger partial charge >= 0.3 is 0 Å². The van der Waals surface area contributed by atoms with Gasteiger partial charge < -0.3 is 4.90 Å². The first kappa shape index (κ1) is 20.1. The Labute approximate surface area is 164 Å². The second-order valence-electron chi connectivity index (χ2n) is 5.25. The highest BCUT2D eigenvalue weighted by molar-refractivity contribution is 7.15. The van der Waals surface area contributed by atoms with E-state index in [4.69, 9.17) is 23.2 Å². The maximum absolute atomic E-state index is 11.9. The van der Waals surface area contributed by atoms with E-state index >= 15 is 0 Å². The number of rotatable bonds is 7. The lowest BCUT2D eigenvalue weighted by Crippen LogP contribution is -2.19. The van der Waals surface area contributed by atoms with Gasteiger partial charge in [0.25, 0.3) is 5.91 Å². The van der Waals surface area contributed by atoms with Crippen LogP contribution in [0.5, 0.6) is 0 Å². The SMILES string of the molecule is CN(C)c1ccc(/C=N\NC(=O)Cc2nnc(NC(=O)C(Cl)Cl)s2)cc1. The van der Waals surface area contributed by atoms with Crippen LogP contribution < -0.4 is 15.6 Å². The van der Waals surface area contributed by atoms with Crippen LogP contribution in [0.4, 0.5) is 10.8 Å². The van der Waals surface area contributed by atoms with Crippen LogP contribution in [0.25, 0.3) is 0 Å². The van der Waals surface area contributed by atoms with Crippen LogP contribution in [-0.2, 0) is 16.0 Å². The molecule has 2 amide bonds. The van der Waals surface area contributed by atoms with Crippen LogP contribution in [-0.4, -0.2) is 47.2 Å². The van der Waals surface area contributed by atoms with Crippen LogP contribution in [0.1, 0.15) is 10.6 Å². The molecule has 26 heavy (non-hydrogen) atoms. The fraction of sp³-hybridized carbons (Fsp3) is 0.267. The summed E-state index contributed by atoms with van der Waals surface area (Å²) < 4.78 is 0. The highest BCUT2D eigenvalue weighted by atomic mass is 35.5. The van der Waals surface area contributed by atoms with Gasteiger partial charge in [-0.05, 0) is 17.7 Å². The lowest BCUT2D eigenvalue weighted by Gasteiger charge is -2.11. The predicted molar refractivity (Wildman–Crippen MR) is 104 cm³/mol. The second kappa shape index (κ2) is 9.46. The smallest absolute Gasteiger partial charge is 0.259 e. The molecule has 1 aromatic heterocycles. The highest BCUT2D eigenvalue weighted by Gasteiger charge is 2.15. The average molecular weight is 415 g/mol. The number of alkyl halides is 2. The molecule has 0 fully saturated rings. The number of hydrazone groups is 1. The van der Waals surface area contributed by atoms with E-state index in [-0.39, 0.29) is 17.5 Å². The first-order valence-corrected chi connectivity index (χ1v) is 9.05. The molecule has 0 saturated heterocycles. The maximum atomic E-state index is 11.9. The van der Waals surface area contributed by atoms with E-state index < -0.39 is 10.7 Å². The van der Waals surface area contributed by atoms with E-state index in [1.165, 1.54) is 0 Å². The Hall–Kier alpha value is -2.23. The Kier molecular flexibility index (Phi) is 7.31. The van der Waals surface area contributed by atoms with E-state index in [0.717, 1.165) is 22.6 Å². The molecule has 1 aromatic carbocycles. The number of amides is 2. The van der Waals surface area contributed by atoms with Crippen molar-refractivity contribution in [2.45, 2.75) is 11.3 Å². The summed E-state index contributed by atoms with van der Waals surface area (Å²) in [6, 6.07) is 7.69. The Morgan fingerprint density at radius 3 is 2.58 bits per heavy atom. The number of nitrogens with one attached hydrogen (secondary N) is 2. The molecule has 0 radical (unpaired) electrons. The molecule has 0 aliphatic rings. The van der Waals surface area contributed by atoms with Gasteiger partial charge in [0.15, 0.2) is 4.84 Å². The van der Waals surface area contributed by atoms with Gasteiger partial charge in [0.2, 0.25) is 11.0 Å². The molecule has 0 saturated carbocycles. The third-order valence-corrected chi connectivity index (χ3v) is 4.25. The number of nitrogens with zero attached hydrogens (tertiary/aromatic N) is 4. The van der Waals surface area contributed by atoms with Gasteiger partial charge in [-0.15, -0.1) is 10.2 Å². The molecule has 2 N–H and O–H groups in total. The van der Waals surface area contributed by atoms with E-state index in [2.05, 4.69) is 26.0 Å². The molecule has 0 bridgehead atoms. The van der Waals surface area contributed by atoms with Crippen molar-refractivity contribution in [2.75, 3.05) is 24.3 Å². The fourth-order valence-electron chi connectivity index (χ4n) is 1.75. The Bertz CT molecular complexity index is 792. The number of anilines is 2. The van der Waals surface area contributed by atoms with E-state index in [1.807, 2.05) is 43.3 Å². The summed E-state index contributed by atoms with van der Waals surface area (Å²) in [6.45, 7) is 0. The third kappa shape index (κ3) is 6.25. The standard InChI is InChI=1S/C15H16Cl2N6O2S/c1-23(2)10-5-3-9(4-6-10)8-18-20-11(24)7-12-21-22-15(26-12)19-14(25)13(16)17/h3-6,8,13H,7H2,1-2H3,(H,20,24)(H,19,22,25)/b18-8-. The van der Waals surface area contributed by atoms with Gasteiger partial charge in [0, 0.05) is 19.8 Å². The second-order valence-corrected chi connectivity index (χ2v) is 7.41. The van der Waals surface area contributed by atoms with Crippen LogP contribution in [0.2, 0.25) is 0 Å². The van der Waals surface area contributed by atoms with Gasteiger partial charge in [0.1, 0.15) is 5.01 Å². The number of hydrogen-bond acceptors (Lipinski definition) is 7. The van der Waals surface area contributed by atoms with Gasteiger partial charge in [-0.1, -0.05) is 46.7 Å². The zero-order valence-electron chi connectivity index (χ0n) is 13.9. The topological polar surface area (TPSA) is 99.6 Å². The number of halogens is 2. The van der Waals surface area contributed by atoms with Crippen molar-refractivity contribution in [3.05, 3.63) is 34.8 Å². The molecule has 138 valence electrons. The van der Waals surface area contributed by atoms with Crippen LogP contribution >= 0.6 is 34.5 Å². The predicted octanol–water partition coefficient (Wildman–Crippen LogP) is 2.04. The molecule has 2 rings (SSSR count). The molecule has 0 unspecified atom stereocenters. The number of carbonyl (C=O) groups excluding carboxylic acids is 2. The summed E-state index contributed by atoms with van der Waals surface area (Å²) in [5.41, 5.74) is 4.34. The maximum Gasteiger partial charge on any atom is 0.259 e. The van der Waals surface area contributed by atoms with E-state index in [9.17, 15) is 9.59 Å². The Balaban J connectivity index is 1.83. The molecule has 2 aromatic rings. The molecule has 8 nitrogen and oxygen atoms in total. The zero-order chi connectivity index (χ0) is 19.1. The Morgan fingerprint density at radius 1 is 1.27 bits per heavy atom. The molecule has 0 spiro atoms. The molecule has 0 aliphatic heterocycles. The van der Waals surface area contributed by atoms with E-state index in [0.29, 0.717) is 5.01 Å². The van der Waals surface area contributed by atoms with Crippen LogP contribution in [0.3, 0.4) is 0 Å². The minimum Gasteiger partial charge on any atom is -0.378 e. The molecule has 1 heterocycles. The Morgan fingerprint density at radius 2 is 1.96 bits per heavy atom. The van der Waals surface area contributed by atoms with Gasteiger partial charge in [-0.25, -0.2) is 5.43 Å². The first-order valence-electron chi connectivity index (χ1n) is 7.36. The highest BCUT2D eigenvalue weighted by Crippen LogP contribution is 2.17. The molecular formula is C15H16Cl2N6O2S. The van der Waals surface area contributed by atoms with Crippen molar-refractivity contribution in [3.8, 4) is 0 Å². The zero-order valence-corrected chi connectivity index (χ0v) is 16.3. The molecular weight excluding hydrogens is 399 g/mol. The monoisotopic (exact) mass is 414 g/mol. The van der Waals surface area contributed by atoms with Crippen molar-refractivity contribution >= 4 is 63.4 Å². The number of aromatic nitrogens is 2. The summed E-state index contributed by atoms with van der Waals surface area (Å²) in [6.07, 6.45) is 1.53.